The zero-order chi connectivity index (χ0) is 14.9. The molecular formula is C14H30N2O3. The number of hydrogen-bond donors (Lipinski definition) is 3. The molecule has 19 heavy (non-hydrogen) atoms. The molecule has 0 aromatic heterocycles. The van der Waals surface area contributed by atoms with Crippen molar-refractivity contribution >= 4 is 6.09 Å². The zero-order valence-corrected chi connectivity index (χ0v) is 13.0. The zero-order valence-electron chi connectivity index (χ0n) is 13.0. The summed E-state index contributed by atoms with van der Waals surface area (Å²) >= 11 is 0. The van der Waals surface area contributed by atoms with Crippen molar-refractivity contribution in [1.29, 1.82) is 0 Å². The summed E-state index contributed by atoms with van der Waals surface area (Å²) in [6.07, 6.45) is 1.43. The smallest absolute Gasteiger partial charge is 0.407 e. The molecule has 0 fully saturated rings. The van der Waals surface area contributed by atoms with Gasteiger partial charge in [0.25, 0.3) is 0 Å². The number of hydrogen-bond acceptors (Lipinski definition) is 4. The third-order valence-corrected chi connectivity index (χ3v) is 2.59. The van der Waals surface area contributed by atoms with Crippen molar-refractivity contribution in [3.05, 3.63) is 0 Å². The lowest BCUT2D eigenvalue weighted by atomic mass is 9.88. The highest BCUT2D eigenvalue weighted by atomic mass is 16.6. The van der Waals surface area contributed by atoms with Gasteiger partial charge in [0.05, 0.1) is 0 Å². The second-order valence-electron chi connectivity index (χ2n) is 6.60. The Morgan fingerprint density at radius 2 is 1.79 bits per heavy atom. The maximum Gasteiger partial charge on any atom is 0.407 e. The Hall–Kier alpha value is -0.810. The van der Waals surface area contributed by atoms with Crippen LogP contribution in [0, 0.1) is 5.41 Å². The van der Waals surface area contributed by atoms with E-state index in [0.717, 1.165) is 19.4 Å². The van der Waals surface area contributed by atoms with E-state index in [1.54, 1.807) is 0 Å². The molecule has 0 aliphatic heterocycles. The summed E-state index contributed by atoms with van der Waals surface area (Å²) in [6.45, 7) is 12.2. The molecule has 0 radical (unpaired) electrons. The lowest BCUT2D eigenvalue weighted by Gasteiger charge is -2.25. The molecule has 114 valence electrons. The molecule has 0 heterocycles. The van der Waals surface area contributed by atoms with Crippen molar-refractivity contribution < 1.29 is 14.6 Å². The number of aliphatic hydroxyl groups excluding tert-OH is 1. The van der Waals surface area contributed by atoms with E-state index >= 15 is 0 Å². The summed E-state index contributed by atoms with van der Waals surface area (Å²) < 4.78 is 5.13. The maximum atomic E-state index is 11.4. The van der Waals surface area contributed by atoms with E-state index in [4.69, 9.17) is 9.84 Å². The fourth-order valence-electron chi connectivity index (χ4n) is 1.64. The predicted molar refractivity (Wildman–Crippen MR) is 77.2 cm³/mol. The monoisotopic (exact) mass is 274 g/mol. The summed E-state index contributed by atoms with van der Waals surface area (Å²) in [6, 6.07) is 0. The fraction of sp³-hybridized carbons (Fsp3) is 0.929. The molecule has 1 amide bonds. The van der Waals surface area contributed by atoms with Crippen LogP contribution in [0.3, 0.4) is 0 Å². The standard InChI is InChI=1S/C14H30N2O3/c1-13(2,3)19-12(18)16-9-8-15-11-14(4,5)7-6-10-17/h15,17H,6-11H2,1-5H3,(H,16,18). The molecule has 0 aromatic rings. The second kappa shape index (κ2) is 8.38. The minimum absolute atomic E-state index is 0.161. The number of rotatable bonds is 8. The predicted octanol–water partition coefficient (Wildman–Crippen LogP) is 1.90. The van der Waals surface area contributed by atoms with Crippen molar-refractivity contribution in [3.8, 4) is 0 Å². The molecular weight excluding hydrogens is 244 g/mol. The van der Waals surface area contributed by atoms with Gasteiger partial charge in [-0.1, -0.05) is 13.8 Å². The van der Waals surface area contributed by atoms with Crippen LogP contribution in [0.25, 0.3) is 0 Å². The number of ether oxygens (including phenoxy) is 1. The molecule has 0 rings (SSSR count). The fourth-order valence-corrected chi connectivity index (χ4v) is 1.64. The first-order valence-electron chi connectivity index (χ1n) is 6.95. The number of alkyl carbamates (subject to hydrolysis) is 1. The van der Waals surface area contributed by atoms with Gasteiger partial charge in [-0.05, 0) is 39.0 Å². The Bertz CT molecular complexity index is 260. The molecule has 5 heteroatoms. The van der Waals surface area contributed by atoms with E-state index in [1.165, 1.54) is 0 Å². The Kier molecular flexibility index (Phi) is 8.02. The minimum atomic E-state index is -0.455. The summed E-state index contributed by atoms with van der Waals surface area (Å²) in [5.74, 6) is 0. The van der Waals surface area contributed by atoms with E-state index in [0.29, 0.717) is 13.1 Å². The number of carbonyl (C=O) groups excluding carboxylic acids is 1. The number of nitrogens with one attached hydrogen (secondary N) is 2. The number of amides is 1. The average Bonchev–Trinajstić information content (AvgIpc) is 2.23. The first kappa shape index (κ1) is 18.2. The van der Waals surface area contributed by atoms with E-state index < -0.39 is 5.60 Å². The van der Waals surface area contributed by atoms with Crippen molar-refractivity contribution in [3.63, 3.8) is 0 Å². The summed E-state index contributed by atoms with van der Waals surface area (Å²) in [5.41, 5.74) is -0.293. The highest BCUT2D eigenvalue weighted by Crippen LogP contribution is 2.20. The van der Waals surface area contributed by atoms with Gasteiger partial charge in [-0.2, -0.15) is 0 Å². The number of aliphatic hydroxyl groups is 1. The van der Waals surface area contributed by atoms with Crippen molar-refractivity contribution in [1.82, 2.24) is 10.6 Å². The van der Waals surface area contributed by atoms with E-state index in [9.17, 15) is 4.79 Å². The van der Waals surface area contributed by atoms with Crippen LogP contribution in [0.5, 0.6) is 0 Å². The quantitative estimate of drug-likeness (QED) is 0.591. The molecule has 3 N–H and O–H groups in total. The third kappa shape index (κ3) is 12.0. The van der Waals surface area contributed by atoms with Gasteiger partial charge in [0.15, 0.2) is 0 Å². The van der Waals surface area contributed by atoms with Crippen LogP contribution >= 0.6 is 0 Å². The van der Waals surface area contributed by atoms with Gasteiger partial charge in [-0.15, -0.1) is 0 Å². The molecule has 0 bridgehead atoms. The topological polar surface area (TPSA) is 70.6 Å². The SMILES string of the molecule is CC(C)(CCCO)CNCCNC(=O)OC(C)(C)C. The molecule has 0 aromatic carbocycles. The Labute approximate surface area is 117 Å². The van der Waals surface area contributed by atoms with Crippen LogP contribution in [-0.2, 0) is 4.74 Å². The highest BCUT2D eigenvalue weighted by molar-refractivity contribution is 5.67. The Morgan fingerprint density at radius 3 is 2.32 bits per heavy atom. The van der Waals surface area contributed by atoms with Crippen LogP contribution in [0.4, 0.5) is 4.79 Å². The maximum absolute atomic E-state index is 11.4. The van der Waals surface area contributed by atoms with Gasteiger partial charge in [-0.25, -0.2) is 4.79 Å². The molecule has 0 aliphatic carbocycles. The van der Waals surface area contributed by atoms with Crippen molar-refractivity contribution in [2.45, 2.75) is 53.1 Å². The van der Waals surface area contributed by atoms with Gasteiger partial charge >= 0.3 is 6.09 Å². The molecule has 0 aliphatic rings. The van der Waals surface area contributed by atoms with Crippen LogP contribution in [0.2, 0.25) is 0 Å². The minimum Gasteiger partial charge on any atom is -0.444 e. The third-order valence-electron chi connectivity index (χ3n) is 2.59. The molecule has 0 atom stereocenters. The molecule has 5 nitrogen and oxygen atoms in total. The van der Waals surface area contributed by atoms with Crippen LogP contribution in [0.15, 0.2) is 0 Å². The Morgan fingerprint density at radius 1 is 1.16 bits per heavy atom. The van der Waals surface area contributed by atoms with Crippen LogP contribution in [-0.4, -0.2) is 43.0 Å². The highest BCUT2D eigenvalue weighted by Gasteiger charge is 2.17. The van der Waals surface area contributed by atoms with Crippen molar-refractivity contribution in [2.75, 3.05) is 26.2 Å². The van der Waals surface area contributed by atoms with Gasteiger partial charge in [-0.3, -0.25) is 0 Å². The van der Waals surface area contributed by atoms with Crippen LogP contribution < -0.4 is 10.6 Å². The van der Waals surface area contributed by atoms with Crippen molar-refractivity contribution in [2.24, 2.45) is 5.41 Å². The normalized spacial score (nSPS) is 12.3. The van der Waals surface area contributed by atoms with Gasteiger partial charge in [0.1, 0.15) is 5.60 Å². The summed E-state index contributed by atoms with van der Waals surface area (Å²) in [4.78, 5) is 11.4. The van der Waals surface area contributed by atoms with Crippen LogP contribution in [0.1, 0.15) is 47.5 Å². The van der Waals surface area contributed by atoms with Gasteiger partial charge in [0, 0.05) is 26.2 Å². The van der Waals surface area contributed by atoms with E-state index in [1.807, 2.05) is 20.8 Å². The summed E-state index contributed by atoms with van der Waals surface area (Å²) in [7, 11) is 0. The molecule has 0 unspecified atom stereocenters. The molecule has 0 saturated heterocycles. The first-order valence-corrected chi connectivity index (χ1v) is 6.95. The average molecular weight is 274 g/mol. The van der Waals surface area contributed by atoms with E-state index in [2.05, 4.69) is 24.5 Å². The largest absolute Gasteiger partial charge is 0.444 e. The lowest BCUT2D eigenvalue weighted by Crippen LogP contribution is -2.38. The lowest BCUT2D eigenvalue weighted by molar-refractivity contribution is 0.0528. The number of carbonyl (C=O) groups is 1. The van der Waals surface area contributed by atoms with Gasteiger partial charge < -0.3 is 20.5 Å². The Balaban J connectivity index is 3.62. The second-order valence-corrected chi connectivity index (χ2v) is 6.60. The van der Waals surface area contributed by atoms with E-state index in [-0.39, 0.29) is 18.1 Å². The van der Waals surface area contributed by atoms with Gasteiger partial charge in [0.2, 0.25) is 0 Å². The summed E-state index contributed by atoms with van der Waals surface area (Å²) in [5, 5.41) is 14.8. The first-order chi connectivity index (χ1) is 8.66. The molecule has 0 spiro atoms. The molecule has 0 saturated carbocycles.